The molecule has 5 heteroatoms. The fraction of sp³-hybridized carbons (Fsp3) is 0.417. The van der Waals surface area contributed by atoms with E-state index in [4.69, 9.17) is 4.74 Å². The van der Waals surface area contributed by atoms with Gasteiger partial charge in [0.2, 0.25) is 5.91 Å². The molecular formula is C24H29NO4. The number of ether oxygens (including phenoxy) is 1. The van der Waals surface area contributed by atoms with Crippen LogP contribution in [0.5, 0.6) is 11.5 Å². The number of aliphatic carboxylic acids is 1. The number of nitrogens with one attached hydrogen (secondary N) is 1. The molecule has 1 aliphatic rings. The highest BCUT2D eigenvalue weighted by molar-refractivity contribution is 5.84. The van der Waals surface area contributed by atoms with Crippen molar-refractivity contribution in [1.29, 1.82) is 0 Å². The Morgan fingerprint density at radius 1 is 1.03 bits per heavy atom. The maximum atomic E-state index is 12.5. The van der Waals surface area contributed by atoms with E-state index in [2.05, 4.69) is 18.3 Å². The van der Waals surface area contributed by atoms with Crippen molar-refractivity contribution in [2.45, 2.75) is 53.0 Å². The minimum atomic E-state index is -0.868. The van der Waals surface area contributed by atoms with Crippen LogP contribution in [-0.4, -0.2) is 17.0 Å². The van der Waals surface area contributed by atoms with Gasteiger partial charge in [0, 0.05) is 6.54 Å². The monoisotopic (exact) mass is 395 g/mol. The van der Waals surface area contributed by atoms with Gasteiger partial charge in [-0.2, -0.15) is 0 Å². The third-order valence-corrected chi connectivity index (χ3v) is 5.80. The Morgan fingerprint density at radius 2 is 1.69 bits per heavy atom. The lowest BCUT2D eigenvalue weighted by molar-refractivity contribution is -0.148. The lowest BCUT2D eigenvalue weighted by Crippen LogP contribution is -2.39. The predicted octanol–water partition coefficient (Wildman–Crippen LogP) is 4.91. The van der Waals surface area contributed by atoms with Crippen molar-refractivity contribution in [3.05, 3.63) is 58.7 Å². The zero-order valence-corrected chi connectivity index (χ0v) is 17.3. The van der Waals surface area contributed by atoms with Crippen molar-refractivity contribution in [2.24, 2.45) is 11.8 Å². The molecule has 1 fully saturated rings. The average molecular weight is 395 g/mol. The van der Waals surface area contributed by atoms with Gasteiger partial charge in [-0.05, 0) is 74.1 Å². The number of carbonyl (C=O) groups is 2. The van der Waals surface area contributed by atoms with E-state index >= 15 is 0 Å². The number of hydrogen-bond acceptors (Lipinski definition) is 3. The highest BCUT2D eigenvalue weighted by Crippen LogP contribution is 2.31. The van der Waals surface area contributed by atoms with Crippen molar-refractivity contribution in [2.75, 3.05) is 0 Å². The third kappa shape index (κ3) is 5.17. The van der Waals surface area contributed by atoms with E-state index in [0.29, 0.717) is 19.4 Å². The molecule has 5 nitrogen and oxygen atoms in total. The second-order valence-corrected chi connectivity index (χ2v) is 8.00. The van der Waals surface area contributed by atoms with Gasteiger partial charge in [0.05, 0.1) is 11.8 Å². The maximum Gasteiger partial charge on any atom is 0.307 e. The molecule has 3 rings (SSSR count). The van der Waals surface area contributed by atoms with Gasteiger partial charge in [-0.3, -0.25) is 9.59 Å². The second-order valence-electron chi connectivity index (χ2n) is 8.00. The van der Waals surface area contributed by atoms with E-state index < -0.39 is 17.8 Å². The molecule has 0 radical (unpaired) electrons. The van der Waals surface area contributed by atoms with E-state index in [1.807, 2.05) is 44.2 Å². The number of aryl methyl sites for hydroxylation is 2. The molecule has 1 aliphatic carbocycles. The van der Waals surface area contributed by atoms with Crippen LogP contribution in [0.4, 0.5) is 0 Å². The van der Waals surface area contributed by atoms with Crippen molar-refractivity contribution >= 4 is 11.9 Å². The minimum Gasteiger partial charge on any atom is -0.481 e. The van der Waals surface area contributed by atoms with Crippen LogP contribution in [0.25, 0.3) is 0 Å². The summed E-state index contributed by atoms with van der Waals surface area (Å²) in [5.41, 5.74) is 4.42. The number of rotatable bonds is 6. The molecule has 0 heterocycles. The first-order valence-corrected chi connectivity index (χ1v) is 10.2. The number of amides is 1. The van der Waals surface area contributed by atoms with Crippen LogP contribution in [0.2, 0.25) is 0 Å². The van der Waals surface area contributed by atoms with Crippen molar-refractivity contribution in [1.82, 2.24) is 5.32 Å². The van der Waals surface area contributed by atoms with Crippen molar-refractivity contribution in [3.63, 3.8) is 0 Å². The van der Waals surface area contributed by atoms with Crippen LogP contribution < -0.4 is 10.1 Å². The Balaban J connectivity index is 1.59. The quantitative estimate of drug-likeness (QED) is 0.729. The molecule has 0 bridgehead atoms. The van der Waals surface area contributed by atoms with Gasteiger partial charge >= 0.3 is 5.97 Å². The van der Waals surface area contributed by atoms with Gasteiger partial charge in [-0.25, -0.2) is 0 Å². The molecule has 0 saturated heterocycles. The number of hydrogen-bond donors (Lipinski definition) is 2. The van der Waals surface area contributed by atoms with E-state index in [0.717, 1.165) is 41.0 Å². The summed E-state index contributed by atoms with van der Waals surface area (Å²) in [5.74, 6) is -0.444. The summed E-state index contributed by atoms with van der Waals surface area (Å²) in [6, 6.07) is 11.8. The molecule has 154 valence electrons. The zero-order chi connectivity index (χ0) is 21.0. The van der Waals surface area contributed by atoms with Crippen molar-refractivity contribution < 1.29 is 19.4 Å². The first-order chi connectivity index (χ1) is 13.8. The van der Waals surface area contributed by atoms with E-state index in [1.54, 1.807) is 0 Å². The molecule has 2 N–H and O–H groups in total. The van der Waals surface area contributed by atoms with Crippen molar-refractivity contribution in [3.8, 4) is 11.5 Å². The number of carboxylic acids is 1. The molecule has 0 spiro atoms. The summed E-state index contributed by atoms with van der Waals surface area (Å²) in [6.45, 7) is 6.54. The molecule has 2 aromatic rings. The highest BCUT2D eigenvalue weighted by atomic mass is 16.5. The molecule has 2 unspecified atom stereocenters. The first kappa shape index (κ1) is 20.9. The van der Waals surface area contributed by atoms with Crippen LogP contribution >= 0.6 is 0 Å². The summed E-state index contributed by atoms with van der Waals surface area (Å²) in [5, 5.41) is 12.3. The fourth-order valence-electron chi connectivity index (χ4n) is 3.97. The van der Waals surface area contributed by atoms with Crippen LogP contribution in [0, 0.1) is 32.6 Å². The van der Waals surface area contributed by atoms with E-state index in [1.165, 1.54) is 5.56 Å². The highest BCUT2D eigenvalue weighted by Gasteiger charge is 2.35. The Bertz CT molecular complexity index is 888. The molecule has 1 saturated carbocycles. The summed E-state index contributed by atoms with van der Waals surface area (Å²) in [6.07, 6.45) is 3.01. The Labute approximate surface area is 172 Å². The second kappa shape index (κ2) is 9.12. The predicted molar refractivity (Wildman–Crippen MR) is 112 cm³/mol. The van der Waals surface area contributed by atoms with Gasteiger partial charge in [0.25, 0.3) is 0 Å². The third-order valence-electron chi connectivity index (χ3n) is 5.80. The summed E-state index contributed by atoms with van der Waals surface area (Å²) >= 11 is 0. The van der Waals surface area contributed by atoms with Gasteiger partial charge in [0.1, 0.15) is 11.5 Å². The summed E-state index contributed by atoms with van der Waals surface area (Å²) in [4.78, 5) is 23.9. The van der Waals surface area contributed by atoms with Gasteiger partial charge in [-0.1, -0.05) is 31.0 Å². The largest absolute Gasteiger partial charge is 0.481 e. The normalized spacial score (nSPS) is 18.9. The van der Waals surface area contributed by atoms with Gasteiger partial charge in [-0.15, -0.1) is 0 Å². The molecule has 2 aromatic carbocycles. The number of carboxylic acid groups (broad SMARTS) is 1. The van der Waals surface area contributed by atoms with Crippen LogP contribution in [0.3, 0.4) is 0 Å². The maximum absolute atomic E-state index is 12.5. The first-order valence-electron chi connectivity index (χ1n) is 10.2. The Hall–Kier alpha value is -2.82. The smallest absolute Gasteiger partial charge is 0.307 e. The van der Waals surface area contributed by atoms with Crippen LogP contribution in [0.1, 0.15) is 47.9 Å². The molecule has 2 atom stereocenters. The average Bonchev–Trinajstić information content (AvgIpc) is 2.70. The van der Waals surface area contributed by atoms with Crippen LogP contribution in [-0.2, 0) is 16.1 Å². The topological polar surface area (TPSA) is 75.6 Å². The van der Waals surface area contributed by atoms with Crippen LogP contribution in [0.15, 0.2) is 36.4 Å². The van der Waals surface area contributed by atoms with E-state index in [-0.39, 0.29) is 5.91 Å². The Morgan fingerprint density at radius 3 is 2.34 bits per heavy atom. The molecular weight excluding hydrogens is 366 g/mol. The molecule has 0 aromatic heterocycles. The fourth-order valence-corrected chi connectivity index (χ4v) is 3.97. The Kier molecular flexibility index (Phi) is 6.57. The number of benzene rings is 2. The zero-order valence-electron chi connectivity index (χ0n) is 17.3. The SMILES string of the molecule is Cc1cc(C)c(C)c(Oc2ccc(CNC(=O)C3CCCCC3C(=O)O)cc2)c1. The van der Waals surface area contributed by atoms with Gasteiger partial charge in [0.15, 0.2) is 0 Å². The minimum absolute atomic E-state index is 0.164. The molecule has 1 amide bonds. The number of carbonyl (C=O) groups excluding carboxylic acids is 1. The summed E-state index contributed by atoms with van der Waals surface area (Å²) in [7, 11) is 0. The molecule has 29 heavy (non-hydrogen) atoms. The van der Waals surface area contributed by atoms with E-state index in [9.17, 15) is 14.7 Å². The van der Waals surface area contributed by atoms with Gasteiger partial charge < -0.3 is 15.2 Å². The summed E-state index contributed by atoms with van der Waals surface area (Å²) < 4.78 is 6.03. The lowest BCUT2D eigenvalue weighted by atomic mass is 9.78. The molecule has 0 aliphatic heterocycles. The standard InChI is InChI=1S/C24H29NO4/c1-15-12-16(2)17(3)22(13-15)29-19-10-8-18(9-11-19)14-25-23(26)20-6-4-5-7-21(20)24(27)28/h8-13,20-21H,4-7,14H2,1-3H3,(H,25,26)(H,27,28). The lowest BCUT2D eigenvalue weighted by Gasteiger charge is -2.27.